The van der Waals surface area contributed by atoms with Crippen molar-refractivity contribution in [3.63, 3.8) is 0 Å². The third kappa shape index (κ3) is 6.32. The Bertz CT molecular complexity index is 687. The highest BCUT2D eigenvalue weighted by atomic mass is 127. The van der Waals surface area contributed by atoms with Gasteiger partial charge in [-0.3, -0.25) is 4.99 Å². The normalized spacial score (nSPS) is 16.4. The minimum Gasteiger partial charge on any atom is -0.356 e. The first-order chi connectivity index (χ1) is 12.5. The lowest BCUT2D eigenvalue weighted by atomic mass is 9.64. The molecule has 0 aliphatic heterocycles. The molecule has 0 bridgehead atoms. The Morgan fingerprint density at radius 2 is 1.78 bits per heavy atom. The smallest absolute Gasteiger partial charge is 0.215 e. The second-order valence-electron chi connectivity index (χ2n) is 6.75. The zero-order valence-electron chi connectivity index (χ0n) is 16.6. The molecule has 27 heavy (non-hydrogen) atoms. The third-order valence-electron chi connectivity index (χ3n) is 5.27. The lowest BCUT2D eigenvalue weighted by Crippen LogP contribution is -2.49. The number of halogens is 1. The predicted octanol–water partition coefficient (Wildman–Crippen LogP) is 2.56. The Hall–Kier alpha value is -0.870. The SMILES string of the molecule is CCN(CC)S(=O)(=O)CCNC(=NC)NCC1(c2ccccc2)CCC1.I. The topological polar surface area (TPSA) is 73.8 Å². The van der Waals surface area contributed by atoms with Gasteiger partial charge in [-0.25, -0.2) is 12.7 Å². The molecule has 1 saturated carbocycles. The highest BCUT2D eigenvalue weighted by Crippen LogP contribution is 2.43. The lowest BCUT2D eigenvalue weighted by Gasteiger charge is -2.43. The van der Waals surface area contributed by atoms with E-state index in [4.69, 9.17) is 0 Å². The summed E-state index contributed by atoms with van der Waals surface area (Å²) in [6.07, 6.45) is 3.57. The van der Waals surface area contributed by atoms with E-state index in [1.54, 1.807) is 7.05 Å². The van der Waals surface area contributed by atoms with Crippen LogP contribution in [0.3, 0.4) is 0 Å². The number of hydrogen-bond donors (Lipinski definition) is 2. The number of guanidine groups is 1. The molecule has 0 radical (unpaired) electrons. The van der Waals surface area contributed by atoms with Crippen LogP contribution in [0.15, 0.2) is 35.3 Å². The maximum atomic E-state index is 12.2. The van der Waals surface area contributed by atoms with Crippen LogP contribution in [0, 0.1) is 0 Å². The monoisotopic (exact) mass is 508 g/mol. The number of rotatable bonds is 9. The molecule has 1 aliphatic carbocycles. The van der Waals surface area contributed by atoms with Gasteiger partial charge in [-0.1, -0.05) is 50.6 Å². The number of hydrogen-bond acceptors (Lipinski definition) is 3. The maximum Gasteiger partial charge on any atom is 0.215 e. The Kier molecular flexibility index (Phi) is 10.0. The van der Waals surface area contributed by atoms with E-state index in [1.165, 1.54) is 16.3 Å². The van der Waals surface area contributed by atoms with Crippen molar-refractivity contribution in [1.29, 1.82) is 0 Å². The summed E-state index contributed by atoms with van der Waals surface area (Å²) in [6.45, 7) is 5.88. The predicted molar refractivity (Wildman–Crippen MR) is 123 cm³/mol. The van der Waals surface area contributed by atoms with E-state index in [0.29, 0.717) is 25.6 Å². The highest BCUT2D eigenvalue weighted by molar-refractivity contribution is 14.0. The van der Waals surface area contributed by atoms with E-state index in [1.807, 2.05) is 19.9 Å². The molecule has 1 fully saturated rings. The van der Waals surface area contributed by atoms with Crippen LogP contribution in [0.1, 0.15) is 38.7 Å². The molecular weight excluding hydrogens is 475 g/mol. The lowest BCUT2D eigenvalue weighted by molar-refractivity contribution is 0.244. The average molecular weight is 508 g/mol. The van der Waals surface area contributed by atoms with E-state index in [-0.39, 0.29) is 35.1 Å². The fourth-order valence-electron chi connectivity index (χ4n) is 3.48. The molecule has 0 aromatic heterocycles. The first-order valence-corrected chi connectivity index (χ1v) is 11.1. The zero-order chi connectivity index (χ0) is 19.0. The Morgan fingerprint density at radius 3 is 2.26 bits per heavy atom. The van der Waals surface area contributed by atoms with Gasteiger partial charge in [0.1, 0.15) is 0 Å². The summed E-state index contributed by atoms with van der Waals surface area (Å²) in [5.41, 5.74) is 1.52. The van der Waals surface area contributed by atoms with Gasteiger partial charge in [0.05, 0.1) is 5.75 Å². The zero-order valence-corrected chi connectivity index (χ0v) is 19.7. The van der Waals surface area contributed by atoms with E-state index in [0.717, 1.165) is 19.4 Å². The minimum absolute atomic E-state index is 0. The molecule has 8 heteroatoms. The van der Waals surface area contributed by atoms with Crippen molar-refractivity contribution in [1.82, 2.24) is 14.9 Å². The number of sulfonamides is 1. The van der Waals surface area contributed by atoms with Gasteiger partial charge < -0.3 is 10.6 Å². The molecule has 1 aromatic carbocycles. The summed E-state index contributed by atoms with van der Waals surface area (Å²) in [5, 5.41) is 6.52. The first-order valence-electron chi connectivity index (χ1n) is 9.45. The van der Waals surface area contributed by atoms with Gasteiger partial charge in [0.2, 0.25) is 10.0 Å². The summed E-state index contributed by atoms with van der Waals surface area (Å²) in [6, 6.07) is 10.6. The van der Waals surface area contributed by atoms with Crippen LogP contribution in [0.4, 0.5) is 0 Å². The fraction of sp³-hybridized carbons (Fsp3) is 0.632. The molecule has 6 nitrogen and oxygen atoms in total. The number of aliphatic imine (C=N–C) groups is 1. The fourth-order valence-corrected chi connectivity index (χ4v) is 4.89. The van der Waals surface area contributed by atoms with Crippen LogP contribution in [0.25, 0.3) is 0 Å². The van der Waals surface area contributed by atoms with Gasteiger partial charge in [-0.15, -0.1) is 24.0 Å². The maximum absolute atomic E-state index is 12.2. The van der Waals surface area contributed by atoms with Crippen LogP contribution < -0.4 is 10.6 Å². The summed E-state index contributed by atoms with van der Waals surface area (Å²) >= 11 is 0. The van der Waals surface area contributed by atoms with Crippen molar-refractivity contribution in [2.24, 2.45) is 4.99 Å². The van der Waals surface area contributed by atoms with Crippen molar-refractivity contribution in [3.8, 4) is 0 Å². The summed E-state index contributed by atoms with van der Waals surface area (Å²) in [5.74, 6) is 0.723. The van der Waals surface area contributed by atoms with E-state index < -0.39 is 10.0 Å². The molecule has 1 aliphatic rings. The molecule has 0 saturated heterocycles. The van der Waals surface area contributed by atoms with Crippen molar-refractivity contribution >= 4 is 40.0 Å². The van der Waals surface area contributed by atoms with Crippen LogP contribution in [0.5, 0.6) is 0 Å². The van der Waals surface area contributed by atoms with Crippen molar-refractivity contribution in [2.75, 3.05) is 39.0 Å². The van der Waals surface area contributed by atoms with Crippen molar-refractivity contribution in [2.45, 2.75) is 38.5 Å². The summed E-state index contributed by atoms with van der Waals surface area (Å²) < 4.78 is 26.0. The van der Waals surface area contributed by atoms with E-state index in [2.05, 4.69) is 39.9 Å². The number of nitrogens with zero attached hydrogens (tertiary/aromatic N) is 2. The number of nitrogens with one attached hydrogen (secondary N) is 2. The molecule has 0 amide bonds. The minimum atomic E-state index is -3.22. The van der Waals surface area contributed by atoms with Crippen LogP contribution in [-0.4, -0.2) is 57.7 Å². The van der Waals surface area contributed by atoms with Gasteiger partial charge in [-0.05, 0) is 18.4 Å². The second-order valence-corrected chi connectivity index (χ2v) is 8.84. The molecular formula is C19H33IN4O2S. The van der Waals surface area contributed by atoms with Gasteiger partial charge in [0, 0.05) is 38.6 Å². The molecule has 154 valence electrons. The van der Waals surface area contributed by atoms with Crippen molar-refractivity contribution in [3.05, 3.63) is 35.9 Å². The Labute approximate surface area is 181 Å². The van der Waals surface area contributed by atoms with Gasteiger partial charge in [0.25, 0.3) is 0 Å². The van der Waals surface area contributed by atoms with Crippen LogP contribution in [-0.2, 0) is 15.4 Å². The molecule has 1 aromatic rings. The van der Waals surface area contributed by atoms with Crippen LogP contribution >= 0.6 is 24.0 Å². The highest BCUT2D eigenvalue weighted by Gasteiger charge is 2.38. The molecule has 0 unspecified atom stereocenters. The quantitative estimate of drug-likeness (QED) is 0.306. The van der Waals surface area contributed by atoms with E-state index >= 15 is 0 Å². The molecule has 2 rings (SSSR count). The number of benzene rings is 1. The summed E-state index contributed by atoms with van der Waals surface area (Å²) in [7, 11) is -1.51. The standard InChI is InChI=1S/C19H32N4O2S.HI/c1-4-23(5-2)26(24,25)15-14-21-18(20-3)22-16-19(12-9-13-19)17-10-7-6-8-11-17;/h6-8,10-11H,4-5,9,12-16H2,1-3H3,(H2,20,21,22);1H. The molecule has 2 N–H and O–H groups in total. The largest absolute Gasteiger partial charge is 0.356 e. The van der Waals surface area contributed by atoms with Gasteiger partial charge in [0.15, 0.2) is 5.96 Å². The molecule has 0 heterocycles. The first kappa shape index (κ1) is 24.2. The van der Waals surface area contributed by atoms with Crippen molar-refractivity contribution < 1.29 is 8.42 Å². The van der Waals surface area contributed by atoms with E-state index in [9.17, 15) is 8.42 Å². The Balaban J connectivity index is 0.00000364. The van der Waals surface area contributed by atoms with Gasteiger partial charge >= 0.3 is 0 Å². The van der Waals surface area contributed by atoms with Crippen LogP contribution in [0.2, 0.25) is 0 Å². The van der Waals surface area contributed by atoms with Gasteiger partial charge in [-0.2, -0.15) is 0 Å². The molecule has 0 spiro atoms. The molecule has 0 atom stereocenters. The Morgan fingerprint density at radius 1 is 1.15 bits per heavy atom. The second kappa shape index (κ2) is 11.2. The summed E-state index contributed by atoms with van der Waals surface area (Å²) in [4.78, 5) is 4.23. The third-order valence-corrected chi connectivity index (χ3v) is 7.29. The average Bonchev–Trinajstić information content (AvgIpc) is 2.60.